The van der Waals surface area contributed by atoms with Crippen LogP contribution < -0.4 is 19.1 Å². The van der Waals surface area contributed by atoms with Crippen molar-refractivity contribution in [1.29, 1.82) is 0 Å². The van der Waals surface area contributed by atoms with Crippen molar-refractivity contribution in [2.45, 2.75) is 32.9 Å². The number of methoxy groups -OCH3 is 1. The minimum Gasteiger partial charge on any atom is -0.497 e. The lowest BCUT2D eigenvalue weighted by atomic mass is 10.1. The predicted molar refractivity (Wildman–Crippen MR) is 114 cm³/mol. The van der Waals surface area contributed by atoms with Crippen molar-refractivity contribution in [2.75, 3.05) is 24.3 Å². The van der Waals surface area contributed by atoms with Gasteiger partial charge in [0.1, 0.15) is 17.5 Å². The summed E-state index contributed by atoms with van der Waals surface area (Å²) in [6, 6.07) is 13.1. The monoisotopic (exact) mass is 420 g/mol. The summed E-state index contributed by atoms with van der Waals surface area (Å²) in [5, 5.41) is 2.83. The summed E-state index contributed by atoms with van der Waals surface area (Å²) in [5.41, 5.74) is 1.31. The van der Waals surface area contributed by atoms with E-state index in [4.69, 9.17) is 9.47 Å². The number of carbonyl (C=O) groups excluding carboxylic acids is 1. The average molecular weight is 421 g/mol. The van der Waals surface area contributed by atoms with Crippen LogP contribution in [0.5, 0.6) is 11.5 Å². The highest BCUT2D eigenvalue weighted by Gasteiger charge is 2.31. The third-order valence-electron chi connectivity index (χ3n) is 4.36. The molecular weight excluding hydrogens is 392 g/mol. The lowest BCUT2D eigenvalue weighted by Gasteiger charge is -2.30. The van der Waals surface area contributed by atoms with Crippen LogP contribution in [0.1, 0.15) is 25.8 Å². The molecule has 0 spiro atoms. The van der Waals surface area contributed by atoms with Crippen molar-refractivity contribution < 1.29 is 22.7 Å². The van der Waals surface area contributed by atoms with Gasteiger partial charge in [0, 0.05) is 6.54 Å². The first-order chi connectivity index (χ1) is 13.8. The highest BCUT2D eigenvalue weighted by atomic mass is 32.2. The number of carbonyl (C=O) groups is 1. The second kappa shape index (κ2) is 10.2. The van der Waals surface area contributed by atoms with Crippen LogP contribution in [0.4, 0.5) is 5.69 Å². The Hall–Kier alpha value is -2.74. The summed E-state index contributed by atoms with van der Waals surface area (Å²) in [7, 11) is -2.09. The van der Waals surface area contributed by atoms with Gasteiger partial charge in [0.15, 0.2) is 0 Å². The molecule has 29 heavy (non-hydrogen) atoms. The highest BCUT2D eigenvalue weighted by molar-refractivity contribution is 7.92. The van der Waals surface area contributed by atoms with E-state index in [-0.39, 0.29) is 5.91 Å². The molecule has 1 N–H and O–H groups in total. The van der Waals surface area contributed by atoms with Crippen LogP contribution in [-0.2, 0) is 21.4 Å². The summed E-state index contributed by atoms with van der Waals surface area (Å²) < 4.78 is 36.7. The molecule has 2 rings (SSSR count). The number of benzene rings is 2. The maximum Gasteiger partial charge on any atom is 0.244 e. The van der Waals surface area contributed by atoms with Gasteiger partial charge in [0.2, 0.25) is 15.9 Å². The lowest BCUT2D eigenvalue weighted by molar-refractivity contribution is -0.122. The molecule has 0 unspecified atom stereocenters. The molecule has 0 radical (unpaired) electrons. The smallest absolute Gasteiger partial charge is 0.244 e. The van der Waals surface area contributed by atoms with E-state index in [0.29, 0.717) is 31.0 Å². The van der Waals surface area contributed by atoms with Gasteiger partial charge >= 0.3 is 0 Å². The summed E-state index contributed by atoms with van der Waals surface area (Å²) >= 11 is 0. The largest absolute Gasteiger partial charge is 0.497 e. The van der Waals surface area contributed by atoms with Crippen molar-refractivity contribution in [2.24, 2.45) is 0 Å². The fourth-order valence-electron chi connectivity index (χ4n) is 2.97. The van der Waals surface area contributed by atoms with E-state index in [1.165, 1.54) is 0 Å². The van der Waals surface area contributed by atoms with Crippen molar-refractivity contribution in [3.05, 3.63) is 54.1 Å². The number of rotatable bonds is 10. The third-order valence-corrected chi connectivity index (χ3v) is 5.54. The molecule has 158 valence electrons. The molecule has 1 amide bonds. The molecule has 0 saturated heterocycles. The van der Waals surface area contributed by atoms with Crippen molar-refractivity contribution in [1.82, 2.24) is 5.32 Å². The predicted octanol–water partition coefficient (Wildman–Crippen LogP) is 2.95. The number of nitrogens with zero attached hydrogens (tertiary/aromatic N) is 1. The van der Waals surface area contributed by atoms with Crippen LogP contribution in [0.2, 0.25) is 0 Å². The fraction of sp³-hybridized carbons (Fsp3) is 0.381. The molecular formula is C21H28N2O5S. The summed E-state index contributed by atoms with van der Waals surface area (Å²) in [6.45, 7) is 4.46. The topological polar surface area (TPSA) is 84.9 Å². The van der Waals surface area contributed by atoms with Gasteiger partial charge in [-0.25, -0.2) is 8.42 Å². The van der Waals surface area contributed by atoms with E-state index in [1.54, 1.807) is 38.3 Å². The minimum absolute atomic E-state index is 0.292. The van der Waals surface area contributed by atoms with Crippen molar-refractivity contribution in [3.8, 4) is 11.5 Å². The van der Waals surface area contributed by atoms with Gasteiger partial charge < -0.3 is 14.8 Å². The Bertz CT molecular complexity index is 896. The molecule has 0 aliphatic rings. The van der Waals surface area contributed by atoms with Gasteiger partial charge in [-0.05, 0) is 55.3 Å². The highest BCUT2D eigenvalue weighted by Crippen LogP contribution is 2.25. The number of hydrogen-bond donors (Lipinski definition) is 1. The van der Waals surface area contributed by atoms with Gasteiger partial charge in [0.05, 0.1) is 25.7 Å². The zero-order valence-corrected chi connectivity index (χ0v) is 18.0. The zero-order valence-electron chi connectivity index (χ0n) is 17.2. The molecule has 0 saturated carbocycles. The fourth-order valence-corrected chi connectivity index (χ4v) is 4.18. The van der Waals surface area contributed by atoms with Gasteiger partial charge in [-0.1, -0.05) is 19.1 Å². The van der Waals surface area contributed by atoms with E-state index in [9.17, 15) is 13.2 Å². The number of ether oxygens (including phenoxy) is 2. The van der Waals surface area contributed by atoms with Gasteiger partial charge in [0.25, 0.3) is 0 Å². The Morgan fingerprint density at radius 3 is 2.10 bits per heavy atom. The van der Waals surface area contributed by atoms with Crippen LogP contribution in [-0.4, -0.2) is 40.3 Å². The second-order valence-electron chi connectivity index (χ2n) is 6.48. The number of hydrogen-bond acceptors (Lipinski definition) is 5. The lowest BCUT2D eigenvalue weighted by Crippen LogP contribution is -2.49. The summed E-state index contributed by atoms with van der Waals surface area (Å²) in [4.78, 5) is 12.8. The SMILES string of the molecule is CCOc1ccc(N([C@H](CC)C(=O)NCc2ccc(OC)cc2)S(C)(=O)=O)cc1. The Kier molecular flexibility index (Phi) is 7.90. The minimum atomic E-state index is -3.68. The van der Waals surface area contributed by atoms with Gasteiger partial charge in [-0.2, -0.15) is 0 Å². The Balaban J connectivity index is 2.19. The second-order valence-corrected chi connectivity index (χ2v) is 8.34. The maximum absolute atomic E-state index is 12.8. The molecule has 0 bridgehead atoms. The van der Waals surface area contributed by atoms with Gasteiger partial charge in [-0.3, -0.25) is 9.10 Å². The van der Waals surface area contributed by atoms with Crippen molar-refractivity contribution in [3.63, 3.8) is 0 Å². The molecule has 0 aromatic heterocycles. The number of amides is 1. The Morgan fingerprint density at radius 2 is 1.62 bits per heavy atom. The molecule has 2 aromatic rings. The maximum atomic E-state index is 12.8. The van der Waals surface area contributed by atoms with Crippen LogP contribution >= 0.6 is 0 Å². The van der Waals surface area contributed by atoms with E-state index >= 15 is 0 Å². The third kappa shape index (κ3) is 6.12. The molecule has 7 nitrogen and oxygen atoms in total. The first-order valence-corrected chi connectivity index (χ1v) is 11.3. The van der Waals surface area contributed by atoms with Crippen LogP contribution in [0.3, 0.4) is 0 Å². The van der Waals surface area contributed by atoms with Crippen LogP contribution in [0, 0.1) is 0 Å². The molecule has 1 atom stereocenters. The van der Waals surface area contributed by atoms with Crippen LogP contribution in [0.25, 0.3) is 0 Å². The van der Waals surface area contributed by atoms with Crippen molar-refractivity contribution >= 4 is 21.6 Å². The molecule has 2 aromatic carbocycles. The van der Waals surface area contributed by atoms with E-state index in [2.05, 4.69) is 5.32 Å². The molecule has 8 heteroatoms. The van der Waals surface area contributed by atoms with Crippen LogP contribution in [0.15, 0.2) is 48.5 Å². The molecule has 0 fully saturated rings. The number of nitrogens with one attached hydrogen (secondary N) is 1. The molecule has 0 aliphatic carbocycles. The first kappa shape index (κ1) is 22.5. The zero-order chi connectivity index (χ0) is 21.4. The molecule has 0 aliphatic heterocycles. The Labute approximate surface area is 172 Å². The number of sulfonamides is 1. The first-order valence-electron chi connectivity index (χ1n) is 9.43. The number of anilines is 1. The normalized spacial score (nSPS) is 12.1. The standard InChI is InChI=1S/C21H28N2O5S/c1-5-20(21(24)22-15-16-7-11-18(27-3)12-8-16)23(29(4,25)26)17-9-13-19(14-10-17)28-6-2/h7-14,20H,5-6,15H2,1-4H3,(H,22,24)/t20-/m1/s1. The molecule has 0 heterocycles. The average Bonchev–Trinajstić information content (AvgIpc) is 2.70. The van der Waals surface area contributed by atoms with E-state index < -0.39 is 16.1 Å². The van der Waals surface area contributed by atoms with Gasteiger partial charge in [-0.15, -0.1) is 0 Å². The van der Waals surface area contributed by atoms with E-state index in [1.807, 2.05) is 31.2 Å². The summed E-state index contributed by atoms with van der Waals surface area (Å²) in [6.07, 6.45) is 1.43. The quantitative estimate of drug-likeness (QED) is 0.639. The summed E-state index contributed by atoms with van der Waals surface area (Å²) in [5.74, 6) is 1.01. The Morgan fingerprint density at radius 1 is 1.03 bits per heavy atom. The van der Waals surface area contributed by atoms with E-state index in [0.717, 1.165) is 21.9 Å².